The van der Waals surface area contributed by atoms with E-state index in [0.29, 0.717) is 13.1 Å². The first kappa shape index (κ1) is 22.0. The highest BCUT2D eigenvalue weighted by molar-refractivity contribution is 14.0. The second kappa shape index (κ2) is 9.59. The van der Waals surface area contributed by atoms with Crippen LogP contribution in [0.1, 0.15) is 59.3 Å². The highest BCUT2D eigenvalue weighted by atomic mass is 127. The standard InChI is InChI=1S/C17H33N3O2S.HI/c1-4-18-16(19-11-7-10-15-8-5-6-9-15)20-12-13-23(21,22)17(2,3)14-20;/h15H,4-14H2,1-3H3,(H,18,19);1H. The second-order valence-corrected chi connectivity index (χ2v) is 10.3. The average Bonchev–Trinajstić information content (AvgIpc) is 2.98. The molecular formula is C17H34IN3O2S. The normalized spacial score (nSPS) is 23.8. The van der Waals surface area contributed by atoms with Crippen molar-refractivity contribution in [2.45, 2.75) is 64.0 Å². The first-order valence-electron chi connectivity index (χ1n) is 9.11. The number of sulfone groups is 1. The van der Waals surface area contributed by atoms with Crippen molar-refractivity contribution in [1.82, 2.24) is 10.2 Å². The number of halogens is 1. The van der Waals surface area contributed by atoms with Crippen LogP contribution in [-0.2, 0) is 9.84 Å². The molecule has 1 N–H and O–H groups in total. The van der Waals surface area contributed by atoms with Crippen LogP contribution in [-0.4, -0.2) is 56.0 Å². The van der Waals surface area contributed by atoms with Crippen molar-refractivity contribution in [2.75, 3.05) is 31.9 Å². The summed E-state index contributed by atoms with van der Waals surface area (Å²) in [6.07, 6.45) is 7.99. The molecule has 1 saturated carbocycles. The number of rotatable bonds is 5. The molecule has 2 aliphatic rings. The molecule has 0 atom stereocenters. The molecule has 2 rings (SSSR count). The molecule has 5 nitrogen and oxygen atoms in total. The molecule has 24 heavy (non-hydrogen) atoms. The summed E-state index contributed by atoms with van der Waals surface area (Å²) in [4.78, 5) is 6.86. The zero-order chi connectivity index (χ0) is 16.9. The van der Waals surface area contributed by atoms with Gasteiger partial charge in [0.1, 0.15) is 0 Å². The Morgan fingerprint density at radius 2 is 1.96 bits per heavy atom. The van der Waals surface area contributed by atoms with Gasteiger partial charge >= 0.3 is 0 Å². The number of guanidine groups is 1. The van der Waals surface area contributed by atoms with E-state index in [2.05, 4.69) is 17.1 Å². The van der Waals surface area contributed by atoms with Crippen LogP contribution in [0.3, 0.4) is 0 Å². The van der Waals surface area contributed by atoms with Gasteiger partial charge in [-0.15, -0.1) is 24.0 Å². The summed E-state index contributed by atoms with van der Waals surface area (Å²) in [5, 5.41) is 3.33. The van der Waals surface area contributed by atoms with Gasteiger partial charge in [-0.25, -0.2) is 8.42 Å². The van der Waals surface area contributed by atoms with Gasteiger partial charge < -0.3 is 10.2 Å². The lowest BCUT2D eigenvalue weighted by molar-refractivity contribution is 0.353. The molecule has 0 amide bonds. The fourth-order valence-corrected chi connectivity index (χ4v) is 4.98. The highest BCUT2D eigenvalue weighted by Crippen LogP contribution is 2.28. The molecular weight excluding hydrogens is 437 g/mol. The fourth-order valence-electron chi connectivity index (χ4n) is 3.61. The van der Waals surface area contributed by atoms with Gasteiger partial charge in [0.25, 0.3) is 0 Å². The van der Waals surface area contributed by atoms with E-state index in [1.54, 1.807) is 0 Å². The van der Waals surface area contributed by atoms with Crippen LogP contribution in [0.2, 0.25) is 0 Å². The van der Waals surface area contributed by atoms with Gasteiger partial charge in [-0.2, -0.15) is 0 Å². The number of hydrogen-bond donors (Lipinski definition) is 1. The Morgan fingerprint density at radius 1 is 1.29 bits per heavy atom. The van der Waals surface area contributed by atoms with E-state index in [9.17, 15) is 8.42 Å². The molecule has 0 aromatic carbocycles. The van der Waals surface area contributed by atoms with Gasteiger partial charge in [-0.05, 0) is 39.5 Å². The van der Waals surface area contributed by atoms with Crippen LogP contribution in [0.4, 0.5) is 0 Å². The summed E-state index contributed by atoms with van der Waals surface area (Å²) in [6.45, 7) is 8.40. The van der Waals surface area contributed by atoms with Crippen molar-refractivity contribution in [3.63, 3.8) is 0 Å². The zero-order valence-corrected chi connectivity index (χ0v) is 18.5. The SMILES string of the molecule is CCNC(=NCCCC1CCCC1)N1CCS(=O)(=O)C(C)(C)C1.I. The first-order chi connectivity index (χ1) is 10.9. The minimum absolute atomic E-state index is 0. The van der Waals surface area contributed by atoms with Gasteiger partial charge in [0.15, 0.2) is 15.8 Å². The average molecular weight is 471 g/mol. The summed E-state index contributed by atoms with van der Waals surface area (Å²) < 4.78 is 23.6. The van der Waals surface area contributed by atoms with Crippen LogP contribution < -0.4 is 5.32 Å². The zero-order valence-electron chi connectivity index (χ0n) is 15.4. The predicted octanol–water partition coefficient (Wildman–Crippen LogP) is 3.05. The van der Waals surface area contributed by atoms with Crippen molar-refractivity contribution < 1.29 is 8.42 Å². The van der Waals surface area contributed by atoms with Crippen molar-refractivity contribution in [1.29, 1.82) is 0 Å². The van der Waals surface area contributed by atoms with Crippen molar-refractivity contribution in [3.05, 3.63) is 0 Å². The molecule has 0 spiro atoms. The van der Waals surface area contributed by atoms with Gasteiger partial charge in [-0.3, -0.25) is 4.99 Å². The molecule has 0 bridgehead atoms. The minimum Gasteiger partial charge on any atom is -0.357 e. The van der Waals surface area contributed by atoms with Crippen LogP contribution >= 0.6 is 24.0 Å². The highest BCUT2D eigenvalue weighted by Gasteiger charge is 2.40. The van der Waals surface area contributed by atoms with E-state index < -0.39 is 14.6 Å². The molecule has 0 unspecified atom stereocenters. The van der Waals surface area contributed by atoms with Crippen LogP contribution in [0.5, 0.6) is 0 Å². The van der Waals surface area contributed by atoms with Crippen molar-refractivity contribution in [2.24, 2.45) is 10.9 Å². The largest absolute Gasteiger partial charge is 0.357 e. The Bertz CT molecular complexity index is 514. The lowest BCUT2D eigenvalue weighted by Gasteiger charge is -2.39. The van der Waals surface area contributed by atoms with E-state index in [0.717, 1.165) is 31.4 Å². The summed E-state index contributed by atoms with van der Waals surface area (Å²) in [5.74, 6) is 2.00. The minimum atomic E-state index is -3.00. The summed E-state index contributed by atoms with van der Waals surface area (Å²) in [6, 6.07) is 0. The maximum atomic E-state index is 12.1. The summed E-state index contributed by atoms with van der Waals surface area (Å²) in [5.41, 5.74) is 0. The third-order valence-electron chi connectivity index (χ3n) is 5.18. The van der Waals surface area contributed by atoms with Crippen molar-refractivity contribution in [3.8, 4) is 0 Å². The Balaban J connectivity index is 0.00000288. The topological polar surface area (TPSA) is 61.8 Å². The number of aliphatic imine (C=N–C) groups is 1. The van der Waals surface area contributed by atoms with Gasteiger partial charge in [-0.1, -0.05) is 25.7 Å². The smallest absolute Gasteiger partial charge is 0.193 e. The van der Waals surface area contributed by atoms with Gasteiger partial charge in [0.05, 0.1) is 10.5 Å². The number of hydrogen-bond acceptors (Lipinski definition) is 3. The second-order valence-electron chi connectivity index (χ2n) is 7.53. The Hall–Kier alpha value is -0.0500. The molecule has 0 aromatic rings. The van der Waals surface area contributed by atoms with E-state index >= 15 is 0 Å². The van der Waals surface area contributed by atoms with Crippen molar-refractivity contribution >= 4 is 39.8 Å². The van der Waals surface area contributed by atoms with Crippen LogP contribution in [0, 0.1) is 5.92 Å². The van der Waals surface area contributed by atoms with E-state index in [1.807, 2.05) is 13.8 Å². The lowest BCUT2D eigenvalue weighted by Crippen LogP contribution is -2.57. The quantitative estimate of drug-likeness (QED) is 0.290. The Kier molecular flexibility index (Phi) is 8.79. The third kappa shape index (κ3) is 5.75. The molecule has 2 fully saturated rings. The summed E-state index contributed by atoms with van der Waals surface area (Å²) >= 11 is 0. The molecule has 7 heteroatoms. The fraction of sp³-hybridized carbons (Fsp3) is 0.941. The van der Waals surface area contributed by atoms with E-state index in [-0.39, 0.29) is 29.7 Å². The Labute approximate surface area is 165 Å². The van der Waals surface area contributed by atoms with Gasteiger partial charge in [0, 0.05) is 26.2 Å². The molecule has 1 heterocycles. The van der Waals surface area contributed by atoms with Gasteiger partial charge in [0.2, 0.25) is 0 Å². The molecule has 142 valence electrons. The van der Waals surface area contributed by atoms with E-state index in [4.69, 9.17) is 4.99 Å². The van der Waals surface area contributed by atoms with E-state index in [1.165, 1.54) is 32.1 Å². The lowest BCUT2D eigenvalue weighted by atomic mass is 10.0. The molecule has 0 radical (unpaired) electrons. The third-order valence-corrected chi connectivity index (χ3v) is 7.72. The number of nitrogens with one attached hydrogen (secondary N) is 1. The molecule has 1 saturated heterocycles. The predicted molar refractivity (Wildman–Crippen MR) is 112 cm³/mol. The number of nitrogens with zero attached hydrogens (tertiary/aromatic N) is 2. The maximum Gasteiger partial charge on any atom is 0.193 e. The molecule has 0 aromatic heterocycles. The van der Waals surface area contributed by atoms with Crippen LogP contribution in [0.15, 0.2) is 4.99 Å². The summed E-state index contributed by atoms with van der Waals surface area (Å²) in [7, 11) is -3.00. The first-order valence-corrected chi connectivity index (χ1v) is 10.8. The molecule has 1 aliphatic carbocycles. The molecule has 1 aliphatic heterocycles. The Morgan fingerprint density at radius 3 is 2.54 bits per heavy atom. The maximum absolute atomic E-state index is 12.1. The van der Waals surface area contributed by atoms with Crippen LogP contribution in [0.25, 0.3) is 0 Å². The monoisotopic (exact) mass is 471 g/mol.